The third kappa shape index (κ3) is 6.39. The van der Waals surface area contributed by atoms with E-state index in [0.717, 1.165) is 54.1 Å². The van der Waals surface area contributed by atoms with Crippen molar-refractivity contribution in [1.82, 2.24) is 9.88 Å². The second-order valence-electron chi connectivity index (χ2n) is 10.8. The van der Waals surface area contributed by atoms with Crippen LogP contribution in [0.15, 0.2) is 53.5 Å². The normalized spacial score (nSPS) is 19.2. The fraction of sp³-hybridized carbons (Fsp3) is 0.367. The summed E-state index contributed by atoms with van der Waals surface area (Å²) in [5.74, 6) is -5.82. The van der Waals surface area contributed by atoms with Crippen LogP contribution in [0.4, 0.5) is 27.6 Å². The summed E-state index contributed by atoms with van der Waals surface area (Å²) in [5.41, 5.74) is -1.00. The van der Waals surface area contributed by atoms with Crippen molar-refractivity contribution >= 4 is 17.5 Å². The Balaban J connectivity index is 1.50. The van der Waals surface area contributed by atoms with E-state index in [1.165, 1.54) is 17.9 Å². The lowest BCUT2D eigenvalue weighted by Gasteiger charge is -2.21. The molecule has 3 atom stereocenters. The molecular weight excluding hydrogens is 593 g/mol. The molecule has 44 heavy (non-hydrogen) atoms. The summed E-state index contributed by atoms with van der Waals surface area (Å²) in [6.45, 7) is 1.16. The Bertz CT molecular complexity index is 1610. The quantitative estimate of drug-likeness (QED) is 0.349. The number of aliphatic hydroxyl groups excluding tert-OH is 1. The largest absolute Gasteiger partial charge is 0.573 e. The number of amides is 2. The number of carbonyl (C=O) groups excluding carboxylic acids is 2. The molecule has 234 valence electrons. The van der Waals surface area contributed by atoms with Gasteiger partial charge in [0, 0.05) is 41.9 Å². The van der Waals surface area contributed by atoms with Gasteiger partial charge < -0.3 is 29.4 Å². The number of hydrogen-bond donors (Lipinski definition) is 2. The smallest absolute Gasteiger partial charge is 0.497 e. The van der Waals surface area contributed by atoms with Crippen LogP contribution in [0.3, 0.4) is 0 Å². The van der Waals surface area contributed by atoms with E-state index < -0.39 is 71.3 Å². The molecule has 1 unspecified atom stereocenters. The van der Waals surface area contributed by atoms with Crippen molar-refractivity contribution in [3.8, 4) is 11.5 Å². The van der Waals surface area contributed by atoms with Gasteiger partial charge in [0.25, 0.3) is 11.5 Å². The molecule has 9 nitrogen and oxygen atoms in total. The van der Waals surface area contributed by atoms with Gasteiger partial charge in [-0.05, 0) is 61.6 Å². The Morgan fingerprint density at radius 3 is 2.27 bits per heavy atom. The maximum absolute atomic E-state index is 15.3. The molecule has 2 N–H and O–H groups in total. The van der Waals surface area contributed by atoms with Crippen LogP contribution in [0.25, 0.3) is 0 Å². The van der Waals surface area contributed by atoms with Crippen molar-refractivity contribution in [3.05, 3.63) is 87.3 Å². The van der Waals surface area contributed by atoms with Gasteiger partial charge in [-0.25, -0.2) is 8.78 Å². The molecule has 1 saturated heterocycles. The Morgan fingerprint density at radius 2 is 1.70 bits per heavy atom. The predicted octanol–water partition coefficient (Wildman–Crippen LogP) is 4.04. The van der Waals surface area contributed by atoms with Crippen LogP contribution in [-0.2, 0) is 11.3 Å². The zero-order valence-electron chi connectivity index (χ0n) is 23.5. The van der Waals surface area contributed by atoms with Gasteiger partial charge in [-0.3, -0.25) is 14.4 Å². The number of carbonyl (C=O) groups is 2. The summed E-state index contributed by atoms with van der Waals surface area (Å²) in [4.78, 5) is 41.6. The van der Waals surface area contributed by atoms with Crippen LogP contribution in [0.2, 0.25) is 0 Å². The molecule has 0 bridgehead atoms. The number of rotatable bonds is 9. The third-order valence-electron chi connectivity index (χ3n) is 7.77. The van der Waals surface area contributed by atoms with Crippen LogP contribution >= 0.6 is 0 Å². The van der Waals surface area contributed by atoms with Crippen LogP contribution in [-0.4, -0.2) is 53.7 Å². The van der Waals surface area contributed by atoms with Crippen LogP contribution in [0, 0.1) is 24.5 Å². The molecule has 3 aromatic rings. The summed E-state index contributed by atoms with van der Waals surface area (Å²) in [5, 5.41) is 12.9. The maximum atomic E-state index is 15.3. The summed E-state index contributed by atoms with van der Waals surface area (Å²) in [6, 6.07) is 5.70. The van der Waals surface area contributed by atoms with Crippen LogP contribution < -0.4 is 25.2 Å². The minimum atomic E-state index is -4.95. The van der Waals surface area contributed by atoms with E-state index >= 15 is 8.78 Å². The van der Waals surface area contributed by atoms with E-state index in [1.807, 2.05) is 0 Å². The molecular formula is C30H28F5N3O6. The number of aliphatic hydroxyl groups is 1. The third-order valence-corrected chi connectivity index (χ3v) is 7.77. The number of pyridine rings is 1. The number of methoxy groups -OCH3 is 1. The van der Waals surface area contributed by atoms with Crippen molar-refractivity contribution in [2.75, 3.05) is 18.6 Å². The van der Waals surface area contributed by atoms with Crippen LogP contribution in [0.1, 0.15) is 40.2 Å². The van der Waals surface area contributed by atoms with E-state index in [9.17, 15) is 32.7 Å². The van der Waals surface area contributed by atoms with Crippen molar-refractivity contribution < 1.29 is 46.1 Å². The molecule has 1 aliphatic heterocycles. The highest BCUT2D eigenvalue weighted by atomic mass is 19.4. The lowest BCUT2D eigenvalue weighted by atomic mass is 9.92. The average Bonchev–Trinajstić information content (AvgIpc) is 3.76. The Morgan fingerprint density at radius 1 is 1.07 bits per heavy atom. The SMILES string of the molecule is COc1cc(F)c([C@@H]2CN(c3c(C)ccn(CC(O)C4CC4)c3=O)C(=O)[C@H]2NC(=O)c2ccc(OC(F)(F)F)cc2)c(F)c1. The lowest BCUT2D eigenvalue weighted by Crippen LogP contribution is -2.45. The van der Waals surface area contributed by atoms with Gasteiger partial charge in [0.15, 0.2) is 0 Å². The first-order valence-electron chi connectivity index (χ1n) is 13.7. The number of nitrogens with zero attached hydrogens (tertiary/aromatic N) is 2. The number of halogens is 5. The van der Waals surface area contributed by atoms with Gasteiger partial charge >= 0.3 is 6.36 Å². The van der Waals surface area contributed by atoms with E-state index in [4.69, 9.17) is 4.74 Å². The van der Waals surface area contributed by atoms with E-state index in [0.29, 0.717) is 5.56 Å². The van der Waals surface area contributed by atoms with Crippen molar-refractivity contribution in [1.29, 1.82) is 0 Å². The van der Waals surface area contributed by atoms with Crippen molar-refractivity contribution in [2.24, 2.45) is 5.92 Å². The highest BCUT2D eigenvalue weighted by molar-refractivity contribution is 6.05. The summed E-state index contributed by atoms with van der Waals surface area (Å²) in [6.07, 6.45) is -2.57. The molecule has 0 radical (unpaired) electrons. The number of ether oxygens (including phenoxy) is 2. The van der Waals surface area contributed by atoms with Gasteiger partial charge in [-0.2, -0.15) is 0 Å². The molecule has 2 amide bonds. The minimum absolute atomic E-state index is 0.0157. The second kappa shape index (κ2) is 11.9. The zero-order valence-corrected chi connectivity index (χ0v) is 23.5. The van der Waals surface area contributed by atoms with Crippen molar-refractivity contribution in [2.45, 2.75) is 50.7 Å². The Kier molecular flexibility index (Phi) is 8.38. The molecule has 1 saturated carbocycles. The molecule has 2 heterocycles. The predicted molar refractivity (Wildman–Crippen MR) is 147 cm³/mol. The Labute approximate surface area is 247 Å². The first-order chi connectivity index (χ1) is 20.8. The first kappa shape index (κ1) is 31.0. The summed E-state index contributed by atoms with van der Waals surface area (Å²) in [7, 11) is 1.21. The van der Waals surface area contributed by atoms with E-state index in [2.05, 4.69) is 10.1 Å². The molecule has 14 heteroatoms. The van der Waals surface area contributed by atoms with E-state index in [-0.39, 0.29) is 29.5 Å². The highest BCUT2D eigenvalue weighted by Crippen LogP contribution is 2.37. The molecule has 1 aliphatic carbocycles. The summed E-state index contributed by atoms with van der Waals surface area (Å²) < 4.78 is 78.2. The first-order valence-corrected chi connectivity index (χ1v) is 13.7. The number of aromatic nitrogens is 1. The second-order valence-corrected chi connectivity index (χ2v) is 10.8. The lowest BCUT2D eigenvalue weighted by molar-refractivity contribution is -0.274. The number of aryl methyl sites for hydroxylation is 1. The molecule has 2 aliphatic rings. The topological polar surface area (TPSA) is 110 Å². The summed E-state index contributed by atoms with van der Waals surface area (Å²) >= 11 is 0. The average molecular weight is 622 g/mol. The van der Waals surface area contributed by atoms with Gasteiger partial charge in [0.05, 0.1) is 19.8 Å². The number of hydrogen-bond acceptors (Lipinski definition) is 6. The number of benzene rings is 2. The van der Waals surface area contributed by atoms with Gasteiger partial charge in [0.1, 0.15) is 34.9 Å². The van der Waals surface area contributed by atoms with Crippen molar-refractivity contribution in [3.63, 3.8) is 0 Å². The fourth-order valence-corrected chi connectivity index (χ4v) is 5.38. The highest BCUT2D eigenvalue weighted by Gasteiger charge is 2.46. The molecule has 2 fully saturated rings. The van der Waals surface area contributed by atoms with Crippen LogP contribution in [0.5, 0.6) is 11.5 Å². The number of alkyl halides is 3. The molecule has 5 rings (SSSR count). The van der Waals surface area contributed by atoms with Gasteiger partial charge in [0.2, 0.25) is 5.91 Å². The van der Waals surface area contributed by atoms with Gasteiger partial charge in [-0.1, -0.05) is 0 Å². The molecule has 2 aromatic carbocycles. The Hall–Kier alpha value is -4.46. The maximum Gasteiger partial charge on any atom is 0.573 e. The number of nitrogens with one attached hydrogen (secondary N) is 1. The van der Waals surface area contributed by atoms with Gasteiger partial charge in [-0.15, -0.1) is 13.2 Å². The monoisotopic (exact) mass is 621 g/mol. The fourth-order valence-electron chi connectivity index (χ4n) is 5.38. The molecule has 0 spiro atoms. The standard InChI is InChI=1S/C30H28F5N3O6/c1-15-9-10-37(14-23(39)16-3-4-16)29(42)26(15)38-13-20(24-21(31)11-19(43-2)12-22(24)32)25(28(38)41)36-27(40)17-5-7-18(8-6-17)44-30(33,34)35/h5-12,16,20,23,25,39H,3-4,13-14H2,1-2H3,(H,36,40)/t20-,23?,25-/m0/s1. The minimum Gasteiger partial charge on any atom is -0.497 e. The molecule has 1 aromatic heterocycles. The number of anilines is 1. The van der Waals surface area contributed by atoms with E-state index in [1.54, 1.807) is 13.0 Å². The zero-order chi connectivity index (χ0) is 31.9.